The minimum atomic E-state index is 0.108. The van der Waals surface area contributed by atoms with Crippen LogP contribution in [0.4, 0.5) is 0 Å². The number of amides is 1. The third-order valence-electron chi connectivity index (χ3n) is 5.18. The highest BCUT2D eigenvalue weighted by molar-refractivity contribution is 6.05. The number of aromatic nitrogens is 3. The standard InChI is InChI=1S/C17H24N6O/c1-12-9-14(15-10-19-21(2)16(15)20-12)17(24)23-6-3-13(11-23)22-7-4-18-5-8-22/h9-10,13,18H,3-8,11H2,1-2H3. The zero-order valence-electron chi connectivity index (χ0n) is 14.3. The lowest BCUT2D eigenvalue weighted by atomic mass is 10.1. The van der Waals surface area contributed by atoms with E-state index in [1.165, 1.54) is 0 Å². The molecule has 2 aromatic heterocycles. The smallest absolute Gasteiger partial charge is 0.254 e. The highest BCUT2D eigenvalue weighted by atomic mass is 16.2. The van der Waals surface area contributed by atoms with E-state index in [0.29, 0.717) is 6.04 Å². The number of nitrogens with one attached hydrogen (secondary N) is 1. The number of rotatable bonds is 2. The minimum absolute atomic E-state index is 0.108. The Labute approximate surface area is 141 Å². The summed E-state index contributed by atoms with van der Waals surface area (Å²) in [6, 6.07) is 2.38. The maximum Gasteiger partial charge on any atom is 0.254 e. The van der Waals surface area contributed by atoms with Gasteiger partial charge in [0.2, 0.25) is 0 Å². The van der Waals surface area contributed by atoms with Crippen LogP contribution >= 0.6 is 0 Å². The molecule has 2 aromatic rings. The summed E-state index contributed by atoms with van der Waals surface area (Å²) in [5.41, 5.74) is 2.36. The zero-order chi connectivity index (χ0) is 16.7. The van der Waals surface area contributed by atoms with Gasteiger partial charge in [-0.25, -0.2) is 4.98 Å². The third kappa shape index (κ3) is 2.67. The molecule has 0 aromatic carbocycles. The van der Waals surface area contributed by atoms with E-state index in [1.807, 2.05) is 24.9 Å². The SMILES string of the molecule is Cc1cc(C(=O)N2CCC(N3CCNCC3)C2)c2cnn(C)c2n1. The molecule has 7 nitrogen and oxygen atoms in total. The average Bonchev–Trinajstić information content (AvgIpc) is 3.22. The molecular formula is C17H24N6O. The predicted molar refractivity (Wildman–Crippen MR) is 92.0 cm³/mol. The summed E-state index contributed by atoms with van der Waals surface area (Å²) in [6.07, 6.45) is 2.81. The van der Waals surface area contributed by atoms with Gasteiger partial charge in [0.15, 0.2) is 5.65 Å². The first kappa shape index (κ1) is 15.5. The molecule has 1 N–H and O–H groups in total. The van der Waals surface area contributed by atoms with E-state index >= 15 is 0 Å². The van der Waals surface area contributed by atoms with Crippen LogP contribution in [-0.2, 0) is 7.05 Å². The Morgan fingerprint density at radius 2 is 2.08 bits per heavy atom. The van der Waals surface area contributed by atoms with Crippen LogP contribution in [-0.4, -0.2) is 75.8 Å². The maximum absolute atomic E-state index is 13.1. The Kier molecular flexibility index (Phi) is 3.97. The van der Waals surface area contributed by atoms with E-state index in [1.54, 1.807) is 10.9 Å². The van der Waals surface area contributed by atoms with Gasteiger partial charge < -0.3 is 10.2 Å². The van der Waals surface area contributed by atoms with Gasteiger partial charge in [-0.15, -0.1) is 0 Å². The topological polar surface area (TPSA) is 66.3 Å². The summed E-state index contributed by atoms with van der Waals surface area (Å²) >= 11 is 0. The van der Waals surface area contributed by atoms with Crippen LogP contribution in [0, 0.1) is 6.92 Å². The lowest BCUT2D eigenvalue weighted by Crippen LogP contribution is -2.49. The number of carbonyl (C=O) groups is 1. The van der Waals surface area contributed by atoms with Gasteiger partial charge in [0.1, 0.15) is 0 Å². The quantitative estimate of drug-likeness (QED) is 0.864. The van der Waals surface area contributed by atoms with Crippen molar-refractivity contribution in [2.24, 2.45) is 7.05 Å². The lowest BCUT2D eigenvalue weighted by Gasteiger charge is -2.32. The summed E-state index contributed by atoms with van der Waals surface area (Å²) in [5, 5.41) is 8.50. The second kappa shape index (κ2) is 6.14. The van der Waals surface area contributed by atoms with Gasteiger partial charge in [0.05, 0.1) is 17.1 Å². The van der Waals surface area contributed by atoms with Crippen molar-refractivity contribution in [3.63, 3.8) is 0 Å². The lowest BCUT2D eigenvalue weighted by molar-refractivity contribution is 0.0775. The van der Waals surface area contributed by atoms with Crippen LogP contribution in [0.15, 0.2) is 12.3 Å². The molecule has 1 amide bonds. The van der Waals surface area contributed by atoms with Crippen LogP contribution in [0.3, 0.4) is 0 Å². The highest BCUT2D eigenvalue weighted by Crippen LogP contribution is 2.23. The van der Waals surface area contributed by atoms with E-state index in [-0.39, 0.29) is 5.91 Å². The Balaban J connectivity index is 1.56. The van der Waals surface area contributed by atoms with E-state index in [2.05, 4.69) is 20.3 Å². The van der Waals surface area contributed by atoms with Crippen LogP contribution in [0.2, 0.25) is 0 Å². The molecule has 0 bridgehead atoms. The van der Waals surface area contributed by atoms with Gasteiger partial charge in [-0.1, -0.05) is 0 Å². The van der Waals surface area contributed by atoms with E-state index < -0.39 is 0 Å². The average molecular weight is 328 g/mol. The van der Waals surface area contributed by atoms with Crippen molar-refractivity contribution in [2.75, 3.05) is 39.3 Å². The molecule has 24 heavy (non-hydrogen) atoms. The number of hydrogen-bond donors (Lipinski definition) is 1. The molecular weight excluding hydrogens is 304 g/mol. The summed E-state index contributed by atoms with van der Waals surface area (Å²) in [4.78, 5) is 22.1. The molecule has 2 aliphatic heterocycles. The third-order valence-corrected chi connectivity index (χ3v) is 5.18. The molecule has 0 saturated carbocycles. The van der Waals surface area contributed by atoms with Gasteiger partial charge in [-0.05, 0) is 19.4 Å². The fourth-order valence-electron chi connectivity index (χ4n) is 3.86. The number of carbonyl (C=O) groups excluding carboxylic acids is 1. The van der Waals surface area contributed by atoms with Crippen molar-refractivity contribution >= 4 is 16.9 Å². The molecule has 4 rings (SSSR count). The van der Waals surface area contributed by atoms with Crippen molar-refractivity contribution in [2.45, 2.75) is 19.4 Å². The number of likely N-dealkylation sites (tertiary alicyclic amines) is 1. The molecule has 0 aliphatic carbocycles. The molecule has 4 heterocycles. The molecule has 2 saturated heterocycles. The molecule has 1 unspecified atom stereocenters. The molecule has 0 radical (unpaired) electrons. The number of fused-ring (bicyclic) bond motifs is 1. The molecule has 2 aliphatic rings. The zero-order valence-corrected chi connectivity index (χ0v) is 14.3. The molecule has 7 heteroatoms. The first-order valence-electron chi connectivity index (χ1n) is 8.67. The maximum atomic E-state index is 13.1. The number of hydrogen-bond acceptors (Lipinski definition) is 5. The van der Waals surface area contributed by atoms with Crippen LogP contribution in [0.5, 0.6) is 0 Å². The van der Waals surface area contributed by atoms with E-state index in [4.69, 9.17) is 0 Å². The minimum Gasteiger partial charge on any atom is -0.337 e. The van der Waals surface area contributed by atoms with Gasteiger partial charge >= 0.3 is 0 Å². The van der Waals surface area contributed by atoms with E-state index in [0.717, 1.165) is 68.0 Å². The van der Waals surface area contributed by atoms with Crippen molar-refractivity contribution in [1.82, 2.24) is 29.9 Å². The van der Waals surface area contributed by atoms with Gasteiger partial charge in [0.25, 0.3) is 5.91 Å². The fourth-order valence-corrected chi connectivity index (χ4v) is 3.86. The Hall–Kier alpha value is -1.99. The number of piperazine rings is 1. The molecule has 2 fully saturated rings. The van der Waals surface area contributed by atoms with Crippen LogP contribution in [0.25, 0.3) is 11.0 Å². The second-order valence-electron chi connectivity index (χ2n) is 6.80. The summed E-state index contributed by atoms with van der Waals surface area (Å²) in [5.74, 6) is 0.108. The molecule has 1 atom stereocenters. The molecule has 0 spiro atoms. The Morgan fingerprint density at radius 1 is 1.29 bits per heavy atom. The number of aryl methyl sites for hydroxylation is 2. The molecule has 128 valence electrons. The van der Waals surface area contributed by atoms with Crippen LogP contribution in [0.1, 0.15) is 22.5 Å². The van der Waals surface area contributed by atoms with Crippen molar-refractivity contribution < 1.29 is 4.79 Å². The van der Waals surface area contributed by atoms with Crippen molar-refractivity contribution in [3.8, 4) is 0 Å². The van der Waals surface area contributed by atoms with Crippen molar-refractivity contribution in [3.05, 3.63) is 23.5 Å². The first-order chi connectivity index (χ1) is 11.6. The van der Waals surface area contributed by atoms with Gasteiger partial charge in [0, 0.05) is 58.1 Å². The summed E-state index contributed by atoms with van der Waals surface area (Å²) in [7, 11) is 1.86. The Morgan fingerprint density at radius 3 is 2.88 bits per heavy atom. The van der Waals surface area contributed by atoms with Gasteiger partial charge in [-0.3, -0.25) is 14.4 Å². The summed E-state index contributed by atoms with van der Waals surface area (Å²) < 4.78 is 1.73. The number of pyridine rings is 1. The first-order valence-corrected chi connectivity index (χ1v) is 8.67. The van der Waals surface area contributed by atoms with E-state index in [9.17, 15) is 4.79 Å². The van der Waals surface area contributed by atoms with Crippen LogP contribution < -0.4 is 5.32 Å². The fraction of sp³-hybridized carbons (Fsp3) is 0.588. The normalized spacial score (nSPS) is 22.4. The largest absolute Gasteiger partial charge is 0.337 e. The van der Waals surface area contributed by atoms with Gasteiger partial charge in [-0.2, -0.15) is 5.10 Å². The highest BCUT2D eigenvalue weighted by Gasteiger charge is 2.32. The number of nitrogens with zero attached hydrogens (tertiary/aromatic N) is 5. The predicted octanol–water partition coefficient (Wildman–Crippen LogP) is 0.396. The summed E-state index contributed by atoms with van der Waals surface area (Å²) in [6.45, 7) is 7.83. The Bertz CT molecular complexity index is 764. The second-order valence-corrected chi connectivity index (χ2v) is 6.80. The van der Waals surface area contributed by atoms with Crippen molar-refractivity contribution in [1.29, 1.82) is 0 Å². The monoisotopic (exact) mass is 328 g/mol.